The number of nitrogens with zero attached hydrogens (tertiary/aromatic N) is 2. The monoisotopic (exact) mass is 240 g/mol. The summed E-state index contributed by atoms with van der Waals surface area (Å²) in [6.45, 7) is 0.00930. The smallest absolute Gasteiger partial charge is 0.213 e. The van der Waals surface area contributed by atoms with E-state index in [9.17, 15) is 0 Å². The number of rotatable bonds is 4. The van der Waals surface area contributed by atoms with Gasteiger partial charge in [0.25, 0.3) is 0 Å². The fourth-order valence-electron chi connectivity index (χ4n) is 1.23. The van der Waals surface area contributed by atoms with E-state index in [1.165, 1.54) is 6.39 Å². The molecule has 0 spiro atoms. The molecule has 0 radical (unpaired) electrons. The largest absolute Gasteiger partial charge is 0.484 e. The molecule has 1 aromatic carbocycles. The van der Waals surface area contributed by atoms with Gasteiger partial charge >= 0.3 is 0 Å². The summed E-state index contributed by atoms with van der Waals surface area (Å²) in [6, 6.07) is 5.17. The molecule has 0 saturated carbocycles. The molecule has 6 heteroatoms. The van der Waals surface area contributed by atoms with E-state index in [-0.39, 0.29) is 13.2 Å². The average molecular weight is 241 g/mol. The molecule has 0 bridgehead atoms. The lowest BCUT2D eigenvalue weighted by Crippen LogP contribution is -2.00. The summed E-state index contributed by atoms with van der Waals surface area (Å²) in [5.74, 6) is 0.861. The standard InChI is InChI=1S/C10H9ClN2O3/c11-8-3-1-2-7(4-14)10(8)15-5-9-12-6-16-13-9/h1-3,6,14H,4-5H2. The minimum absolute atomic E-state index is 0.137. The second kappa shape index (κ2) is 4.96. The van der Waals surface area contributed by atoms with Gasteiger partial charge in [0, 0.05) is 5.56 Å². The first-order chi connectivity index (χ1) is 7.81. The van der Waals surface area contributed by atoms with Crippen molar-refractivity contribution in [3.8, 4) is 5.75 Å². The zero-order valence-electron chi connectivity index (χ0n) is 8.26. The fourth-order valence-corrected chi connectivity index (χ4v) is 1.48. The number of aromatic nitrogens is 2. The molecule has 0 atom stereocenters. The maximum absolute atomic E-state index is 9.11. The Labute approximate surface area is 96.6 Å². The minimum Gasteiger partial charge on any atom is -0.484 e. The maximum atomic E-state index is 9.11. The number of benzene rings is 1. The van der Waals surface area contributed by atoms with E-state index in [4.69, 9.17) is 21.4 Å². The Kier molecular flexibility index (Phi) is 3.38. The lowest BCUT2D eigenvalue weighted by molar-refractivity contribution is 0.253. The van der Waals surface area contributed by atoms with Crippen LogP contribution in [-0.4, -0.2) is 15.2 Å². The molecule has 16 heavy (non-hydrogen) atoms. The summed E-state index contributed by atoms with van der Waals surface area (Å²) in [4.78, 5) is 3.81. The molecule has 0 saturated heterocycles. The molecule has 1 heterocycles. The molecule has 1 N–H and O–H groups in total. The first-order valence-corrected chi connectivity index (χ1v) is 4.95. The van der Waals surface area contributed by atoms with E-state index in [1.54, 1.807) is 18.2 Å². The zero-order valence-corrected chi connectivity index (χ0v) is 9.02. The molecule has 0 unspecified atom stereocenters. The average Bonchev–Trinajstić information content (AvgIpc) is 2.80. The molecule has 0 aliphatic carbocycles. The lowest BCUT2D eigenvalue weighted by Gasteiger charge is -2.09. The Morgan fingerprint density at radius 3 is 3.00 bits per heavy atom. The third-order valence-corrected chi connectivity index (χ3v) is 2.27. The number of ether oxygens (including phenoxy) is 1. The molecule has 2 rings (SSSR count). The van der Waals surface area contributed by atoms with Crippen LogP contribution in [0.5, 0.6) is 5.75 Å². The van der Waals surface area contributed by atoms with Crippen molar-refractivity contribution in [2.24, 2.45) is 0 Å². The van der Waals surface area contributed by atoms with Gasteiger partial charge in [-0.1, -0.05) is 28.9 Å². The number of hydrogen-bond acceptors (Lipinski definition) is 5. The van der Waals surface area contributed by atoms with Gasteiger partial charge in [0.05, 0.1) is 11.6 Å². The second-order valence-corrected chi connectivity index (χ2v) is 3.43. The highest BCUT2D eigenvalue weighted by atomic mass is 35.5. The van der Waals surface area contributed by atoms with E-state index >= 15 is 0 Å². The highest BCUT2D eigenvalue weighted by molar-refractivity contribution is 6.32. The third kappa shape index (κ3) is 2.32. The fraction of sp³-hybridized carbons (Fsp3) is 0.200. The van der Waals surface area contributed by atoms with Crippen molar-refractivity contribution in [3.63, 3.8) is 0 Å². The van der Waals surface area contributed by atoms with Gasteiger partial charge in [0.15, 0.2) is 6.61 Å². The topological polar surface area (TPSA) is 68.4 Å². The maximum Gasteiger partial charge on any atom is 0.213 e. The van der Waals surface area contributed by atoms with Crippen LogP contribution in [0.3, 0.4) is 0 Å². The minimum atomic E-state index is -0.137. The zero-order chi connectivity index (χ0) is 11.4. The highest BCUT2D eigenvalue weighted by Crippen LogP contribution is 2.29. The molecule has 5 nitrogen and oxygen atoms in total. The Morgan fingerprint density at radius 1 is 1.44 bits per heavy atom. The summed E-state index contributed by atoms with van der Waals surface area (Å²) in [6.07, 6.45) is 1.22. The Morgan fingerprint density at radius 2 is 2.31 bits per heavy atom. The summed E-state index contributed by atoms with van der Waals surface area (Å²) in [7, 11) is 0. The van der Waals surface area contributed by atoms with E-state index in [1.807, 2.05) is 0 Å². The van der Waals surface area contributed by atoms with Gasteiger partial charge in [-0.25, -0.2) is 0 Å². The van der Waals surface area contributed by atoms with Gasteiger partial charge in [-0.2, -0.15) is 4.98 Å². The van der Waals surface area contributed by atoms with Crippen LogP contribution in [0.25, 0.3) is 0 Å². The van der Waals surface area contributed by atoms with Gasteiger partial charge in [-0.05, 0) is 6.07 Å². The van der Waals surface area contributed by atoms with Crippen LogP contribution in [0.1, 0.15) is 11.4 Å². The summed E-state index contributed by atoms with van der Waals surface area (Å²) in [5.41, 5.74) is 0.621. The Balaban J connectivity index is 2.14. The van der Waals surface area contributed by atoms with Crippen molar-refractivity contribution in [2.45, 2.75) is 13.2 Å². The van der Waals surface area contributed by atoms with E-state index in [2.05, 4.69) is 14.7 Å². The van der Waals surface area contributed by atoms with Crippen molar-refractivity contribution in [1.82, 2.24) is 10.1 Å². The van der Waals surface area contributed by atoms with E-state index in [0.717, 1.165) is 0 Å². The molecular formula is C10H9ClN2O3. The van der Waals surface area contributed by atoms with Gasteiger partial charge in [-0.15, -0.1) is 0 Å². The number of aliphatic hydroxyl groups excluding tert-OH is 1. The van der Waals surface area contributed by atoms with Crippen molar-refractivity contribution >= 4 is 11.6 Å². The second-order valence-electron chi connectivity index (χ2n) is 3.02. The number of para-hydroxylation sites is 1. The summed E-state index contributed by atoms with van der Waals surface area (Å²) < 4.78 is 9.99. The summed E-state index contributed by atoms with van der Waals surface area (Å²) in [5, 5.41) is 13.2. The first-order valence-electron chi connectivity index (χ1n) is 4.57. The van der Waals surface area contributed by atoms with Gasteiger partial charge in [0.2, 0.25) is 12.2 Å². The van der Waals surface area contributed by atoms with E-state index in [0.29, 0.717) is 22.2 Å². The third-order valence-electron chi connectivity index (χ3n) is 1.97. The predicted molar refractivity (Wildman–Crippen MR) is 56.0 cm³/mol. The SMILES string of the molecule is OCc1cccc(Cl)c1OCc1ncon1. The van der Waals surface area contributed by atoms with Crippen LogP contribution in [0, 0.1) is 0 Å². The number of halogens is 1. The van der Waals surface area contributed by atoms with Crippen molar-refractivity contribution in [3.05, 3.63) is 41.0 Å². The van der Waals surface area contributed by atoms with Gasteiger partial charge in [-0.3, -0.25) is 0 Å². The van der Waals surface area contributed by atoms with Crippen LogP contribution in [-0.2, 0) is 13.2 Å². The van der Waals surface area contributed by atoms with Crippen LogP contribution >= 0.6 is 11.6 Å². The highest BCUT2D eigenvalue weighted by Gasteiger charge is 2.09. The molecule has 84 valence electrons. The van der Waals surface area contributed by atoms with E-state index < -0.39 is 0 Å². The quantitative estimate of drug-likeness (QED) is 0.883. The predicted octanol–water partition coefficient (Wildman–Crippen LogP) is 1.79. The molecular weight excluding hydrogens is 232 g/mol. The normalized spacial score (nSPS) is 10.4. The molecule has 0 aliphatic heterocycles. The Hall–Kier alpha value is -1.59. The molecule has 1 aromatic heterocycles. The van der Waals surface area contributed by atoms with Crippen molar-refractivity contribution in [2.75, 3.05) is 0 Å². The molecule has 0 amide bonds. The van der Waals surface area contributed by atoms with Gasteiger partial charge < -0.3 is 14.4 Å². The van der Waals surface area contributed by atoms with Crippen LogP contribution in [0.15, 0.2) is 29.1 Å². The first kappa shape index (κ1) is 10.9. The molecule has 0 aliphatic rings. The number of aliphatic hydroxyl groups is 1. The van der Waals surface area contributed by atoms with Crippen LogP contribution in [0.2, 0.25) is 5.02 Å². The van der Waals surface area contributed by atoms with Crippen LogP contribution in [0.4, 0.5) is 0 Å². The van der Waals surface area contributed by atoms with Gasteiger partial charge in [0.1, 0.15) is 5.75 Å². The Bertz CT molecular complexity index is 459. The lowest BCUT2D eigenvalue weighted by atomic mass is 10.2. The summed E-state index contributed by atoms with van der Waals surface area (Å²) >= 11 is 5.95. The van der Waals surface area contributed by atoms with Crippen LogP contribution < -0.4 is 4.74 Å². The number of hydrogen-bond donors (Lipinski definition) is 1. The van der Waals surface area contributed by atoms with Crippen molar-refractivity contribution < 1.29 is 14.4 Å². The molecule has 0 fully saturated rings. The van der Waals surface area contributed by atoms with Crippen molar-refractivity contribution in [1.29, 1.82) is 0 Å². The molecule has 2 aromatic rings.